The molecule has 94 valence electrons. The Morgan fingerprint density at radius 3 is 2.53 bits per heavy atom. The number of aryl methyl sites for hydroxylation is 2. The molecule has 1 fully saturated rings. The SMILES string of the molecule is COc1cc(C)cc(C)c1C1(CCS)COC1. The molecule has 0 bridgehead atoms. The Balaban J connectivity index is 2.49. The van der Waals surface area contributed by atoms with Crippen molar-refractivity contribution in [1.29, 1.82) is 0 Å². The van der Waals surface area contributed by atoms with Crippen LogP contribution in [0.1, 0.15) is 23.1 Å². The van der Waals surface area contributed by atoms with Crippen LogP contribution >= 0.6 is 12.6 Å². The maximum absolute atomic E-state index is 5.55. The van der Waals surface area contributed by atoms with Crippen LogP contribution in [0.3, 0.4) is 0 Å². The number of hydrogen-bond acceptors (Lipinski definition) is 3. The molecule has 2 rings (SSSR count). The van der Waals surface area contributed by atoms with E-state index in [1.165, 1.54) is 16.7 Å². The summed E-state index contributed by atoms with van der Waals surface area (Å²) in [4.78, 5) is 0. The first-order valence-electron chi connectivity index (χ1n) is 5.97. The molecule has 2 nitrogen and oxygen atoms in total. The van der Waals surface area contributed by atoms with Gasteiger partial charge in [-0.2, -0.15) is 12.6 Å². The molecule has 0 atom stereocenters. The molecule has 0 amide bonds. The quantitative estimate of drug-likeness (QED) is 0.831. The van der Waals surface area contributed by atoms with E-state index in [-0.39, 0.29) is 5.41 Å². The minimum absolute atomic E-state index is 0.116. The van der Waals surface area contributed by atoms with Gasteiger partial charge < -0.3 is 9.47 Å². The summed E-state index contributed by atoms with van der Waals surface area (Å²) in [5.41, 5.74) is 3.97. The molecular formula is C14H20O2S. The average Bonchev–Trinajstić information content (AvgIpc) is 2.23. The Hall–Kier alpha value is -0.670. The molecule has 0 N–H and O–H groups in total. The van der Waals surface area contributed by atoms with Crippen molar-refractivity contribution in [1.82, 2.24) is 0 Å². The van der Waals surface area contributed by atoms with Crippen LogP contribution in [0.15, 0.2) is 12.1 Å². The lowest BCUT2D eigenvalue weighted by molar-refractivity contribution is -0.0625. The topological polar surface area (TPSA) is 18.5 Å². The fourth-order valence-corrected chi connectivity index (χ4v) is 3.17. The highest BCUT2D eigenvalue weighted by Gasteiger charge is 2.42. The normalized spacial score (nSPS) is 17.6. The van der Waals surface area contributed by atoms with E-state index in [0.717, 1.165) is 31.1 Å². The number of benzene rings is 1. The van der Waals surface area contributed by atoms with Gasteiger partial charge in [-0.1, -0.05) is 6.07 Å². The van der Waals surface area contributed by atoms with Crippen LogP contribution in [0.5, 0.6) is 5.75 Å². The van der Waals surface area contributed by atoms with Crippen molar-refractivity contribution in [3.63, 3.8) is 0 Å². The van der Waals surface area contributed by atoms with Crippen molar-refractivity contribution in [3.05, 3.63) is 28.8 Å². The fraction of sp³-hybridized carbons (Fsp3) is 0.571. The van der Waals surface area contributed by atoms with E-state index in [9.17, 15) is 0 Å². The summed E-state index contributed by atoms with van der Waals surface area (Å²) in [6.45, 7) is 5.83. The van der Waals surface area contributed by atoms with Crippen molar-refractivity contribution in [2.45, 2.75) is 25.7 Å². The van der Waals surface area contributed by atoms with Crippen molar-refractivity contribution >= 4 is 12.6 Å². The van der Waals surface area contributed by atoms with Gasteiger partial charge in [0.15, 0.2) is 0 Å². The minimum Gasteiger partial charge on any atom is -0.496 e. The zero-order valence-electron chi connectivity index (χ0n) is 10.7. The highest BCUT2D eigenvalue weighted by Crippen LogP contribution is 2.43. The van der Waals surface area contributed by atoms with Crippen LogP contribution in [0, 0.1) is 13.8 Å². The zero-order valence-corrected chi connectivity index (χ0v) is 11.6. The van der Waals surface area contributed by atoms with Gasteiger partial charge in [-0.15, -0.1) is 0 Å². The van der Waals surface area contributed by atoms with Crippen LogP contribution in [0.25, 0.3) is 0 Å². The summed E-state index contributed by atoms with van der Waals surface area (Å²) >= 11 is 4.37. The maximum Gasteiger partial charge on any atom is 0.123 e. The standard InChI is InChI=1S/C14H20O2S/c1-10-6-11(2)13(12(7-10)15-3)14(4-5-17)8-16-9-14/h6-7,17H,4-5,8-9H2,1-3H3. The Morgan fingerprint density at radius 2 is 2.06 bits per heavy atom. The molecular weight excluding hydrogens is 232 g/mol. The largest absolute Gasteiger partial charge is 0.496 e. The summed E-state index contributed by atoms with van der Waals surface area (Å²) in [6.07, 6.45) is 1.04. The molecule has 0 aromatic heterocycles. The third kappa shape index (κ3) is 2.18. The minimum atomic E-state index is 0.116. The van der Waals surface area contributed by atoms with Crippen molar-refractivity contribution < 1.29 is 9.47 Å². The van der Waals surface area contributed by atoms with Gasteiger partial charge in [-0.25, -0.2) is 0 Å². The van der Waals surface area contributed by atoms with Crippen LogP contribution in [-0.2, 0) is 10.2 Å². The molecule has 17 heavy (non-hydrogen) atoms. The van der Waals surface area contributed by atoms with Crippen LogP contribution in [0.4, 0.5) is 0 Å². The number of thiol groups is 1. The van der Waals surface area contributed by atoms with Crippen LogP contribution in [-0.4, -0.2) is 26.1 Å². The molecule has 3 heteroatoms. The van der Waals surface area contributed by atoms with Gasteiger partial charge >= 0.3 is 0 Å². The lowest BCUT2D eigenvalue weighted by Gasteiger charge is -2.43. The third-order valence-electron chi connectivity index (χ3n) is 3.54. The second-order valence-electron chi connectivity index (χ2n) is 4.91. The first kappa shape index (κ1) is 12.8. The summed E-state index contributed by atoms with van der Waals surface area (Å²) in [7, 11) is 1.74. The fourth-order valence-electron chi connectivity index (χ4n) is 2.75. The Morgan fingerprint density at radius 1 is 1.35 bits per heavy atom. The van der Waals surface area contributed by atoms with E-state index < -0.39 is 0 Å². The van der Waals surface area contributed by atoms with E-state index in [0.29, 0.717) is 0 Å². The van der Waals surface area contributed by atoms with Crippen LogP contribution in [0.2, 0.25) is 0 Å². The van der Waals surface area contributed by atoms with Gasteiger partial charge in [0.1, 0.15) is 5.75 Å². The van der Waals surface area contributed by atoms with Gasteiger partial charge in [0.05, 0.1) is 20.3 Å². The van der Waals surface area contributed by atoms with Gasteiger partial charge in [0.2, 0.25) is 0 Å². The Kier molecular flexibility index (Phi) is 3.69. The molecule has 1 aromatic carbocycles. The van der Waals surface area contributed by atoms with Gasteiger partial charge in [0, 0.05) is 11.0 Å². The zero-order chi connectivity index (χ0) is 12.5. The maximum atomic E-state index is 5.55. The van der Waals surface area contributed by atoms with Crippen molar-refractivity contribution in [2.75, 3.05) is 26.1 Å². The second kappa shape index (κ2) is 4.91. The smallest absolute Gasteiger partial charge is 0.123 e. The average molecular weight is 252 g/mol. The Bertz CT molecular complexity index is 411. The predicted molar refractivity (Wildman–Crippen MR) is 73.4 cm³/mol. The summed E-state index contributed by atoms with van der Waals surface area (Å²) in [5, 5.41) is 0. The second-order valence-corrected chi connectivity index (χ2v) is 5.35. The van der Waals surface area contributed by atoms with E-state index in [1.54, 1.807) is 7.11 Å². The van der Waals surface area contributed by atoms with E-state index >= 15 is 0 Å². The number of methoxy groups -OCH3 is 1. The molecule has 1 aromatic rings. The first-order chi connectivity index (χ1) is 8.13. The highest BCUT2D eigenvalue weighted by molar-refractivity contribution is 7.80. The van der Waals surface area contributed by atoms with Crippen LogP contribution < -0.4 is 4.74 Å². The van der Waals surface area contributed by atoms with Crippen molar-refractivity contribution in [2.24, 2.45) is 0 Å². The molecule has 0 radical (unpaired) electrons. The lowest BCUT2D eigenvalue weighted by Crippen LogP contribution is -2.47. The van der Waals surface area contributed by atoms with E-state index in [4.69, 9.17) is 9.47 Å². The number of rotatable bonds is 4. The number of hydrogen-bond donors (Lipinski definition) is 1. The molecule has 0 saturated carbocycles. The predicted octanol–water partition coefficient (Wildman–Crippen LogP) is 2.90. The van der Waals surface area contributed by atoms with E-state index in [1.807, 2.05) is 0 Å². The van der Waals surface area contributed by atoms with Gasteiger partial charge in [0.25, 0.3) is 0 Å². The molecule has 1 saturated heterocycles. The summed E-state index contributed by atoms with van der Waals surface area (Å²) in [5.74, 6) is 1.87. The summed E-state index contributed by atoms with van der Waals surface area (Å²) < 4.78 is 11.0. The third-order valence-corrected chi connectivity index (χ3v) is 3.76. The van der Waals surface area contributed by atoms with E-state index in [2.05, 4.69) is 38.6 Å². The molecule has 0 spiro atoms. The lowest BCUT2D eigenvalue weighted by atomic mass is 9.73. The molecule has 1 aliphatic rings. The monoisotopic (exact) mass is 252 g/mol. The molecule has 0 aliphatic carbocycles. The number of ether oxygens (including phenoxy) is 2. The van der Waals surface area contributed by atoms with Gasteiger partial charge in [-0.3, -0.25) is 0 Å². The Labute approximate surface area is 109 Å². The first-order valence-corrected chi connectivity index (χ1v) is 6.60. The molecule has 1 heterocycles. The molecule has 0 unspecified atom stereocenters. The molecule has 1 aliphatic heterocycles. The highest BCUT2D eigenvalue weighted by atomic mass is 32.1. The van der Waals surface area contributed by atoms with Crippen molar-refractivity contribution in [3.8, 4) is 5.75 Å². The van der Waals surface area contributed by atoms with Gasteiger partial charge in [-0.05, 0) is 43.2 Å². The summed E-state index contributed by atoms with van der Waals surface area (Å²) in [6, 6.07) is 4.33.